The van der Waals surface area contributed by atoms with Crippen molar-refractivity contribution < 1.29 is 9.18 Å². The Morgan fingerprint density at radius 2 is 1.96 bits per heavy atom. The van der Waals surface area contributed by atoms with Crippen molar-refractivity contribution in [2.45, 2.75) is 0 Å². The second-order valence-corrected chi connectivity index (χ2v) is 7.93. The van der Waals surface area contributed by atoms with Crippen LogP contribution in [0.25, 0.3) is 11.3 Å². The van der Waals surface area contributed by atoms with E-state index in [0.717, 1.165) is 16.4 Å². The molecule has 0 aliphatic carbocycles. The van der Waals surface area contributed by atoms with Gasteiger partial charge in [0.2, 0.25) is 0 Å². The molecule has 0 spiro atoms. The number of piperazine rings is 1. The Morgan fingerprint density at radius 3 is 2.65 bits per heavy atom. The Kier molecular flexibility index (Phi) is 4.93. The first kappa shape index (κ1) is 17.5. The van der Waals surface area contributed by atoms with Crippen LogP contribution in [0.5, 0.6) is 0 Å². The number of carbonyl (C=O) groups is 1. The maximum atomic E-state index is 14.0. The average molecular weight is 408 g/mol. The molecule has 1 fully saturated rings. The van der Waals surface area contributed by atoms with Gasteiger partial charge < -0.3 is 9.80 Å². The first-order chi connectivity index (χ1) is 12.6. The van der Waals surface area contributed by atoms with Crippen LogP contribution in [0.3, 0.4) is 0 Å². The zero-order chi connectivity index (χ0) is 18.1. The van der Waals surface area contributed by atoms with Gasteiger partial charge in [-0.2, -0.15) is 11.3 Å². The summed E-state index contributed by atoms with van der Waals surface area (Å²) >= 11 is 9.26. The Bertz CT molecular complexity index is 900. The maximum Gasteiger partial charge on any atom is 0.258 e. The van der Waals surface area contributed by atoms with Gasteiger partial charge in [-0.05, 0) is 23.6 Å². The second-order valence-electron chi connectivity index (χ2n) is 5.90. The molecule has 0 unspecified atom stereocenters. The third-order valence-electron chi connectivity index (χ3n) is 4.32. The van der Waals surface area contributed by atoms with Gasteiger partial charge in [-0.15, -0.1) is 11.3 Å². The Labute approximate surface area is 163 Å². The molecule has 134 valence electrons. The third kappa shape index (κ3) is 3.34. The van der Waals surface area contributed by atoms with Crippen molar-refractivity contribution in [2.24, 2.45) is 0 Å². The van der Waals surface area contributed by atoms with E-state index >= 15 is 0 Å². The molecule has 26 heavy (non-hydrogen) atoms. The van der Waals surface area contributed by atoms with E-state index in [4.69, 9.17) is 16.6 Å². The van der Waals surface area contributed by atoms with E-state index in [9.17, 15) is 9.18 Å². The lowest BCUT2D eigenvalue weighted by Gasteiger charge is -2.34. The number of hydrogen-bond acceptors (Lipinski definition) is 5. The summed E-state index contributed by atoms with van der Waals surface area (Å²) in [4.78, 5) is 21.1. The predicted molar refractivity (Wildman–Crippen MR) is 105 cm³/mol. The summed E-state index contributed by atoms with van der Waals surface area (Å²) in [5.74, 6) is -0.934. The van der Waals surface area contributed by atoms with Gasteiger partial charge in [0, 0.05) is 42.5 Å². The summed E-state index contributed by atoms with van der Waals surface area (Å²) in [5.41, 5.74) is 2.06. The van der Waals surface area contributed by atoms with Gasteiger partial charge in [0.15, 0.2) is 5.13 Å². The standard InChI is InChI=1S/C18H15ClFN3OS2/c19-13-2-1-3-14(20)16(13)17(24)22-5-7-23(8-6-22)18-21-15(11-26-18)12-4-9-25-10-12/h1-4,9-11H,5-8H2. The van der Waals surface area contributed by atoms with Gasteiger partial charge in [-0.1, -0.05) is 17.7 Å². The van der Waals surface area contributed by atoms with E-state index in [2.05, 4.69) is 16.3 Å². The average Bonchev–Trinajstić information content (AvgIpc) is 3.33. The molecule has 2 aromatic heterocycles. The van der Waals surface area contributed by atoms with E-state index < -0.39 is 5.82 Å². The van der Waals surface area contributed by atoms with Crippen molar-refractivity contribution in [1.29, 1.82) is 0 Å². The van der Waals surface area contributed by atoms with Crippen LogP contribution >= 0.6 is 34.3 Å². The van der Waals surface area contributed by atoms with Gasteiger partial charge in [-0.3, -0.25) is 4.79 Å². The number of aromatic nitrogens is 1. The third-order valence-corrected chi connectivity index (χ3v) is 6.22. The van der Waals surface area contributed by atoms with Gasteiger partial charge in [0.05, 0.1) is 16.3 Å². The van der Waals surface area contributed by atoms with E-state index in [1.807, 2.05) is 10.8 Å². The molecule has 3 heterocycles. The summed E-state index contributed by atoms with van der Waals surface area (Å²) in [6, 6.07) is 6.35. The molecule has 1 aliphatic heterocycles. The first-order valence-electron chi connectivity index (χ1n) is 8.10. The molecule has 1 amide bonds. The number of rotatable bonds is 3. The molecule has 0 atom stereocenters. The maximum absolute atomic E-state index is 14.0. The quantitative estimate of drug-likeness (QED) is 0.635. The van der Waals surface area contributed by atoms with Crippen LogP contribution in [0.2, 0.25) is 5.02 Å². The lowest BCUT2D eigenvalue weighted by atomic mass is 10.1. The number of halogens is 2. The number of thiazole rings is 1. The molecule has 0 N–H and O–H groups in total. The van der Waals surface area contributed by atoms with Gasteiger partial charge in [-0.25, -0.2) is 9.37 Å². The number of amides is 1. The summed E-state index contributed by atoms with van der Waals surface area (Å²) in [6.45, 7) is 2.34. The SMILES string of the molecule is O=C(c1c(F)cccc1Cl)N1CCN(c2nc(-c3ccsc3)cs2)CC1. The number of nitrogens with zero attached hydrogens (tertiary/aromatic N) is 3. The minimum absolute atomic E-state index is 0.0448. The molecule has 4 nitrogen and oxygen atoms in total. The van der Waals surface area contributed by atoms with Crippen molar-refractivity contribution in [3.05, 3.63) is 56.8 Å². The zero-order valence-electron chi connectivity index (χ0n) is 13.7. The van der Waals surface area contributed by atoms with Crippen LogP contribution in [0.15, 0.2) is 40.4 Å². The number of benzene rings is 1. The normalized spacial score (nSPS) is 14.7. The Hall–Kier alpha value is -1.96. The smallest absolute Gasteiger partial charge is 0.258 e. The van der Waals surface area contributed by atoms with E-state index in [1.165, 1.54) is 18.2 Å². The zero-order valence-corrected chi connectivity index (χ0v) is 16.1. The number of carbonyl (C=O) groups excluding carboxylic acids is 1. The van der Waals surface area contributed by atoms with Crippen molar-refractivity contribution in [1.82, 2.24) is 9.88 Å². The van der Waals surface area contributed by atoms with Crippen molar-refractivity contribution in [3.8, 4) is 11.3 Å². The molecule has 3 aromatic rings. The van der Waals surface area contributed by atoms with Crippen molar-refractivity contribution in [3.63, 3.8) is 0 Å². The largest absolute Gasteiger partial charge is 0.345 e. The van der Waals surface area contributed by atoms with Crippen molar-refractivity contribution in [2.75, 3.05) is 31.1 Å². The molecule has 1 aliphatic rings. The van der Waals surface area contributed by atoms with Crippen LogP contribution in [0.1, 0.15) is 10.4 Å². The highest BCUT2D eigenvalue weighted by Gasteiger charge is 2.26. The first-order valence-corrected chi connectivity index (χ1v) is 10.3. The van der Waals surface area contributed by atoms with Crippen LogP contribution in [-0.4, -0.2) is 42.0 Å². The van der Waals surface area contributed by atoms with Gasteiger partial charge in [0.25, 0.3) is 5.91 Å². The fourth-order valence-electron chi connectivity index (χ4n) is 2.91. The van der Waals surface area contributed by atoms with Gasteiger partial charge in [0.1, 0.15) is 5.82 Å². The Balaban J connectivity index is 1.44. The number of anilines is 1. The fourth-order valence-corrected chi connectivity index (χ4v) is 4.70. The minimum Gasteiger partial charge on any atom is -0.345 e. The Morgan fingerprint density at radius 1 is 1.15 bits per heavy atom. The predicted octanol–water partition coefficient (Wildman–Crippen LogP) is 4.63. The number of thiophene rings is 1. The summed E-state index contributed by atoms with van der Waals surface area (Å²) in [7, 11) is 0. The highest BCUT2D eigenvalue weighted by Crippen LogP contribution is 2.29. The minimum atomic E-state index is -0.578. The number of hydrogen-bond donors (Lipinski definition) is 0. The van der Waals surface area contributed by atoms with E-state index in [0.29, 0.717) is 26.2 Å². The lowest BCUT2D eigenvalue weighted by molar-refractivity contribution is 0.0742. The van der Waals surface area contributed by atoms with Crippen LogP contribution in [-0.2, 0) is 0 Å². The monoisotopic (exact) mass is 407 g/mol. The molecule has 0 saturated carbocycles. The molecule has 8 heteroatoms. The molecule has 4 rings (SSSR count). The van der Waals surface area contributed by atoms with Crippen LogP contribution in [0, 0.1) is 5.82 Å². The summed E-state index contributed by atoms with van der Waals surface area (Å²) < 4.78 is 14.0. The molecule has 0 bridgehead atoms. The molecule has 1 aromatic carbocycles. The van der Waals surface area contributed by atoms with Crippen molar-refractivity contribution >= 4 is 45.3 Å². The fraction of sp³-hybridized carbons (Fsp3) is 0.222. The van der Waals surface area contributed by atoms with Crippen LogP contribution < -0.4 is 4.90 Å². The molecule has 0 radical (unpaired) electrons. The summed E-state index contributed by atoms with van der Waals surface area (Å²) in [6.07, 6.45) is 0. The lowest BCUT2D eigenvalue weighted by Crippen LogP contribution is -2.49. The summed E-state index contributed by atoms with van der Waals surface area (Å²) in [5, 5.41) is 7.26. The van der Waals surface area contributed by atoms with Crippen LogP contribution in [0.4, 0.5) is 9.52 Å². The molecular formula is C18H15ClFN3OS2. The molecule has 1 saturated heterocycles. The molecular weight excluding hydrogens is 393 g/mol. The highest BCUT2D eigenvalue weighted by atomic mass is 35.5. The second kappa shape index (κ2) is 7.34. The highest BCUT2D eigenvalue weighted by molar-refractivity contribution is 7.14. The van der Waals surface area contributed by atoms with E-state index in [-0.39, 0.29) is 16.5 Å². The topological polar surface area (TPSA) is 36.4 Å². The van der Waals surface area contributed by atoms with Gasteiger partial charge >= 0.3 is 0 Å². The van der Waals surface area contributed by atoms with E-state index in [1.54, 1.807) is 27.6 Å².